The molecule has 0 unspecified atom stereocenters. The molecule has 0 aliphatic rings. The molecule has 0 bridgehead atoms. The van der Waals surface area contributed by atoms with E-state index in [0.29, 0.717) is 10.6 Å². The predicted molar refractivity (Wildman–Crippen MR) is 51.4 cm³/mol. The van der Waals surface area contributed by atoms with Gasteiger partial charge in [0.2, 0.25) is 5.91 Å². The molecule has 2 N–H and O–H groups in total. The second kappa shape index (κ2) is 4.73. The zero-order valence-electron chi connectivity index (χ0n) is 7.44. The van der Waals surface area contributed by atoms with Gasteiger partial charge in [-0.1, -0.05) is 0 Å². The van der Waals surface area contributed by atoms with Gasteiger partial charge in [-0.25, -0.2) is 4.79 Å². The quantitative estimate of drug-likeness (QED) is 0.718. The number of anilines is 1. The number of ether oxygens (including phenoxy) is 1. The van der Waals surface area contributed by atoms with Crippen LogP contribution in [0.4, 0.5) is 5.69 Å². The van der Waals surface area contributed by atoms with Gasteiger partial charge in [0.25, 0.3) is 0 Å². The molecule has 0 spiro atoms. The summed E-state index contributed by atoms with van der Waals surface area (Å²) in [5.41, 5.74) is 0.362. The van der Waals surface area contributed by atoms with Crippen molar-refractivity contribution >= 4 is 28.9 Å². The van der Waals surface area contributed by atoms with E-state index in [4.69, 9.17) is 5.11 Å². The highest BCUT2D eigenvalue weighted by Gasteiger charge is 2.14. The van der Waals surface area contributed by atoms with Crippen LogP contribution in [0.3, 0.4) is 0 Å². The summed E-state index contributed by atoms with van der Waals surface area (Å²) >= 11 is 1.16. The normalized spacial score (nSPS) is 9.57. The monoisotopic (exact) mass is 215 g/mol. The van der Waals surface area contributed by atoms with E-state index in [0.717, 1.165) is 11.3 Å². The molecule has 0 aliphatic heterocycles. The van der Waals surface area contributed by atoms with Gasteiger partial charge in [-0.2, -0.15) is 0 Å². The molecule has 14 heavy (non-hydrogen) atoms. The zero-order valence-corrected chi connectivity index (χ0v) is 8.26. The number of esters is 1. The third-order valence-electron chi connectivity index (χ3n) is 1.45. The lowest BCUT2D eigenvalue weighted by Gasteiger charge is -2.02. The topological polar surface area (TPSA) is 75.6 Å². The summed E-state index contributed by atoms with van der Waals surface area (Å²) in [6, 6.07) is 1.57. The lowest BCUT2D eigenvalue weighted by atomic mass is 10.4. The maximum absolute atomic E-state index is 11.1. The van der Waals surface area contributed by atoms with Crippen LogP contribution in [0.1, 0.15) is 9.67 Å². The molecular weight excluding hydrogens is 206 g/mol. The van der Waals surface area contributed by atoms with Gasteiger partial charge in [-0.05, 0) is 11.4 Å². The number of methoxy groups -OCH3 is 1. The Bertz CT molecular complexity index is 347. The molecule has 0 aliphatic carbocycles. The van der Waals surface area contributed by atoms with E-state index >= 15 is 0 Å². The summed E-state index contributed by atoms with van der Waals surface area (Å²) in [7, 11) is 1.26. The fraction of sp³-hybridized carbons (Fsp3) is 0.250. The van der Waals surface area contributed by atoms with E-state index in [-0.39, 0.29) is 0 Å². The predicted octanol–water partition coefficient (Wildman–Crippen LogP) is 0.466. The number of hydrogen-bond acceptors (Lipinski definition) is 5. The average Bonchev–Trinajstić information content (AvgIpc) is 2.64. The van der Waals surface area contributed by atoms with E-state index in [9.17, 15) is 9.59 Å². The number of aliphatic hydroxyl groups is 1. The third-order valence-corrected chi connectivity index (χ3v) is 2.35. The van der Waals surface area contributed by atoms with Gasteiger partial charge < -0.3 is 15.2 Å². The van der Waals surface area contributed by atoms with Gasteiger partial charge in [0.05, 0.1) is 12.8 Å². The van der Waals surface area contributed by atoms with Crippen LogP contribution in [0, 0.1) is 0 Å². The first-order valence-electron chi connectivity index (χ1n) is 3.75. The summed E-state index contributed by atoms with van der Waals surface area (Å²) in [5.74, 6) is -1.07. The van der Waals surface area contributed by atoms with Crippen molar-refractivity contribution in [3.05, 3.63) is 16.3 Å². The molecule has 0 aromatic carbocycles. The fourth-order valence-corrected chi connectivity index (χ4v) is 1.61. The first kappa shape index (κ1) is 10.7. The number of aliphatic hydroxyl groups excluding tert-OH is 1. The standard InChI is InChI=1S/C8H9NO4S/c1-13-8(12)7-5(2-3-14-7)9-6(11)4-10/h2-3,10H,4H2,1H3,(H,9,11). The van der Waals surface area contributed by atoms with Gasteiger partial charge in [0, 0.05) is 0 Å². The average molecular weight is 215 g/mol. The molecule has 0 saturated carbocycles. The van der Waals surface area contributed by atoms with Crippen LogP contribution in [-0.4, -0.2) is 30.7 Å². The largest absolute Gasteiger partial charge is 0.465 e. The summed E-state index contributed by atoms with van der Waals surface area (Å²) in [5, 5.41) is 12.5. The van der Waals surface area contributed by atoms with Crippen molar-refractivity contribution < 1.29 is 19.4 Å². The van der Waals surface area contributed by atoms with Crippen molar-refractivity contribution in [2.24, 2.45) is 0 Å². The van der Waals surface area contributed by atoms with Crippen molar-refractivity contribution in [2.45, 2.75) is 0 Å². The number of nitrogens with one attached hydrogen (secondary N) is 1. The Labute approximate surface area is 84.3 Å². The highest BCUT2D eigenvalue weighted by molar-refractivity contribution is 7.12. The van der Waals surface area contributed by atoms with Gasteiger partial charge in [0.1, 0.15) is 11.5 Å². The number of thiophene rings is 1. The third kappa shape index (κ3) is 2.30. The SMILES string of the molecule is COC(=O)c1sccc1NC(=O)CO. The Morgan fingerprint density at radius 1 is 1.64 bits per heavy atom. The molecule has 0 radical (unpaired) electrons. The molecule has 1 aromatic heterocycles. The Kier molecular flexibility index (Phi) is 3.61. The van der Waals surface area contributed by atoms with Crippen LogP contribution in [-0.2, 0) is 9.53 Å². The van der Waals surface area contributed by atoms with Gasteiger partial charge in [-0.3, -0.25) is 4.79 Å². The maximum Gasteiger partial charge on any atom is 0.350 e. The van der Waals surface area contributed by atoms with Crippen molar-refractivity contribution in [1.82, 2.24) is 0 Å². The molecule has 0 fully saturated rings. The van der Waals surface area contributed by atoms with Crippen LogP contribution in [0.5, 0.6) is 0 Å². The lowest BCUT2D eigenvalue weighted by Crippen LogP contribution is -2.16. The first-order chi connectivity index (χ1) is 6.69. The number of amides is 1. The molecule has 1 amide bonds. The number of hydrogen-bond donors (Lipinski definition) is 2. The van der Waals surface area contributed by atoms with E-state index in [1.807, 2.05) is 0 Å². The van der Waals surface area contributed by atoms with Crippen LogP contribution < -0.4 is 5.32 Å². The van der Waals surface area contributed by atoms with Crippen molar-refractivity contribution in [2.75, 3.05) is 19.0 Å². The maximum atomic E-state index is 11.1. The van der Waals surface area contributed by atoms with E-state index in [1.54, 1.807) is 11.4 Å². The molecule has 1 heterocycles. The van der Waals surface area contributed by atoms with E-state index < -0.39 is 18.5 Å². The first-order valence-corrected chi connectivity index (χ1v) is 4.63. The fourth-order valence-electron chi connectivity index (χ4n) is 0.848. The minimum absolute atomic E-state index is 0.314. The number of carbonyl (C=O) groups is 2. The molecule has 6 heteroatoms. The van der Waals surface area contributed by atoms with Crippen LogP contribution >= 0.6 is 11.3 Å². The van der Waals surface area contributed by atoms with Crippen molar-refractivity contribution in [3.63, 3.8) is 0 Å². The molecular formula is C8H9NO4S. The van der Waals surface area contributed by atoms with Gasteiger partial charge in [-0.15, -0.1) is 11.3 Å². The minimum atomic E-state index is -0.615. The second-order valence-corrected chi connectivity index (χ2v) is 3.28. The Hall–Kier alpha value is -1.40. The summed E-state index contributed by atoms with van der Waals surface area (Å²) in [4.78, 5) is 22.3. The second-order valence-electron chi connectivity index (χ2n) is 2.36. The summed E-state index contributed by atoms with van der Waals surface area (Å²) in [6.07, 6.45) is 0. The molecule has 1 aromatic rings. The van der Waals surface area contributed by atoms with Crippen LogP contribution in [0.15, 0.2) is 11.4 Å². The zero-order chi connectivity index (χ0) is 10.6. The highest BCUT2D eigenvalue weighted by atomic mass is 32.1. The summed E-state index contributed by atoms with van der Waals surface area (Å²) < 4.78 is 4.51. The Balaban J connectivity index is 2.82. The smallest absolute Gasteiger partial charge is 0.350 e. The van der Waals surface area contributed by atoms with Gasteiger partial charge in [0.15, 0.2) is 0 Å². The summed E-state index contributed by atoms with van der Waals surface area (Å²) in [6.45, 7) is -0.615. The van der Waals surface area contributed by atoms with E-state index in [1.165, 1.54) is 7.11 Å². The lowest BCUT2D eigenvalue weighted by molar-refractivity contribution is -0.118. The van der Waals surface area contributed by atoms with Crippen molar-refractivity contribution in [1.29, 1.82) is 0 Å². The molecule has 5 nitrogen and oxygen atoms in total. The highest BCUT2D eigenvalue weighted by Crippen LogP contribution is 2.22. The molecule has 76 valence electrons. The van der Waals surface area contributed by atoms with Crippen molar-refractivity contribution in [3.8, 4) is 0 Å². The Morgan fingerprint density at radius 2 is 2.36 bits per heavy atom. The van der Waals surface area contributed by atoms with Gasteiger partial charge >= 0.3 is 5.97 Å². The molecule has 0 atom stereocenters. The van der Waals surface area contributed by atoms with E-state index in [2.05, 4.69) is 10.1 Å². The van der Waals surface area contributed by atoms with Crippen LogP contribution in [0.25, 0.3) is 0 Å². The number of carbonyl (C=O) groups excluding carboxylic acids is 2. The molecule has 1 rings (SSSR count). The van der Waals surface area contributed by atoms with Crippen LogP contribution in [0.2, 0.25) is 0 Å². The minimum Gasteiger partial charge on any atom is -0.465 e. The molecule has 0 saturated heterocycles. The number of rotatable bonds is 3. The Morgan fingerprint density at radius 3 is 2.93 bits per heavy atom.